The van der Waals surface area contributed by atoms with Crippen LogP contribution in [0, 0.1) is 16.7 Å². The van der Waals surface area contributed by atoms with Gasteiger partial charge >= 0.3 is 0 Å². The maximum absolute atomic E-state index is 11.9. The molecule has 4 aliphatic carbocycles. The molecule has 4 aliphatic rings. The minimum absolute atomic E-state index is 0.200. The highest BCUT2D eigenvalue weighted by atomic mass is 16.2. The van der Waals surface area contributed by atoms with Gasteiger partial charge in [0.25, 0.3) is 0 Å². The van der Waals surface area contributed by atoms with Crippen LogP contribution in [0.25, 0.3) is 0 Å². The number of nitrogens with one attached hydrogen (secondary N) is 1. The fourth-order valence-electron chi connectivity index (χ4n) is 6.07. The highest BCUT2D eigenvalue weighted by molar-refractivity contribution is 5.77. The normalized spacial score (nSPS) is 47.5. The number of nitrogens with zero attached hydrogens (tertiary/aromatic N) is 1. The van der Waals surface area contributed by atoms with Crippen molar-refractivity contribution in [1.29, 1.82) is 0 Å². The van der Waals surface area contributed by atoms with Crippen molar-refractivity contribution in [3.8, 4) is 0 Å². The fourth-order valence-corrected chi connectivity index (χ4v) is 6.07. The summed E-state index contributed by atoms with van der Waals surface area (Å²) in [5, 5.41) is 3.67. The molecule has 0 heterocycles. The molecule has 2 unspecified atom stereocenters. The molecule has 0 aromatic rings. The van der Waals surface area contributed by atoms with Crippen molar-refractivity contribution in [2.24, 2.45) is 16.7 Å². The van der Waals surface area contributed by atoms with E-state index >= 15 is 0 Å². The van der Waals surface area contributed by atoms with E-state index in [2.05, 4.69) is 19.2 Å². The lowest BCUT2D eigenvalue weighted by Crippen LogP contribution is -2.65. The summed E-state index contributed by atoms with van der Waals surface area (Å²) < 4.78 is 0. The van der Waals surface area contributed by atoms with Gasteiger partial charge in [0.15, 0.2) is 0 Å². The Labute approximate surface area is 117 Å². The molecule has 19 heavy (non-hydrogen) atoms. The molecular weight excluding hydrogens is 236 g/mol. The van der Waals surface area contributed by atoms with Crippen LogP contribution in [0.1, 0.15) is 52.4 Å². The zero-order valence-electron chi connectivity index (χ0n) is 12.9. The monoisotopic (exact) mass is 264 g/mol. The second kappa shape index (κ2) is 3.97. The molecule has 0 aliphatic heterocycles. The summed E-state index contributed by atoms with van der Waals surface area (Å²) in [5.41, 5.74) is 1.28. The van der Waals surface area contributed by atoms with E-state index in [1.807, 2.05) is 14.1 Å². The Morgan fingerprint density at radius 3 is 2.16 bits per heavy atom. The summed E-state index contributed by atoms with van der Waals surface area (Å²) in [6, 6.07) is 0. The van der Waals surface area contributed by atoms with Gasteiger partial charge in [-0.15, -0.1) is 0 Å². The van der Waals surface area contributed by atoms with Crippen molar-refractivity contribution in [1.82, 2.24) is 10.2 Å². The van der Waals surface area contributed by atoms with E-state index < -0.39 is 0 Å². The number of hydrogen-bond acceptors (Lipinski definition) is 2. The molecule has 0 aromatic carbocycles. The fraction of sp³-hybridized carbons (Fsp3) is 0.938. The maximum Gasteiger partial charge on any atom is 0.236 e. The molecule has 4 fully saturated rings. The smallest absolute Gasteiger partial charge is 0.236 e. The van der Waals surface area contributed by atoms with Crippen molar-refractivity contribution >= 4 is 5.91 Å². The highest BCUT2D eigenvalue weighted by Gasteiger charge is 2.59. The molecule has 4 bridgehead atoms. The Morgan fingerprint density at radius 1 is 1.11 bits per heavy atom. The van der Waals surface area contributed by atoms with Crippen LogP contribution in [0.5, 0.6) is 0 Å². The first-order chi connectivity index (χ1) is 8.73. The van der Waals surface area contributed by atoms with E-state index in [0.29, 0.717) is 17.4 Å². The lowest BCUT2D eigenvalue weighted by molar-refractivity contribution is -0.134. The first-order valence-electron chi connectivity index (χ1n) is 7.69. The highest BCUT2D eigenvalue weighted by Crippen LogP contribution is 2.66. The van der Waals surface area contributed by atoms with Crippen LogP contribution in [0.2, 0.25) is 0 Å². The molecule has 3 nitrogen and oxygen atoms in total. The second-order valence-corrected chi connectivity index (χ2v) is 8.55. The standard InChI is InChI=1S/C16H28N2O/c1-14-5-12-6-15(2,9-14)11-16(7-12,10-14)17-8-13(19)18(3)4/h12,17H,5-11H2,1-4H3. The summed E-state index contributed by atoms with van der Waals surface area (Å²) in [7, 11) is 3.68. The van der Waals surface area contributed by atoms with Gasteiger partial charge in [0, 0.05) is 19.6 Å². The van der Waals surface area contributed by atoms with Crippen LogP contribution in [0.15, 0.2) is 0 Å². The molecule has 1 amide bonds. The van der Waals surface area contributed by atoms with Crippen LogP contribution in [0.3, 0.4) is 0 Å². The van der Waals surface area contributed by atoms with E-state index in [1.165, 1.54) is 38.5 Å². The Kier molecular flexibility index (Phi) is 2.80. The molecule has 0 saturated heterocycles. The van der Waals surface area contributed by atoms with Gasteiger partial charge in [-0.05, 0) is 55.3 Å². The lowest BCUT2D eigenvalue weighted by Gasteiger charge is -2.65. The SMILES string of the molecule is CN(C)C(=O)CNC12CC3CC(C)(CC(C)(C3)C1)C2. The van der Waals surface area contributed by atoms with Crippen LogP contribution >= 0.6 is 0 Å². The molecule has 4 rings (SSSR count). The van der Waals surface area contributed by atoms with Gasteiger partial charge in [-0.1, -0.05) is 13.8 Å². The van der Waals surface area contributed by atoms with Gasteiger partial charge in [0.05, 0.1) is 6.54 Å². The topological polar surface area (TPSA) is 32.3 Å². The van der Waals surface area contributed by atoms with Crippen molar-refractivity contribution < 1.29 is 4.79 Å². The summed E-state index contributed by atoms with van der Waals surface area (Å²) in [5.74, 6) is 1.08. The zero-order chi connectivity index (χ0) is 13.9. The molecule has 3 heteroatoms. The molecule has 0 spiro atoms. The molecule has 2 atom stereocenters. The third-order valence-electron chi connectivity index (χ3n) is 5.74. The summed E-state index contributed by atoms with van der Waals surface area (Å²) in [6.07, 6.45) is 8.04. The Morgan fingerprint density at radius 2 is 1.68 bits per heavy atom. The molecular formula is C16H28N2O. The summed E-state index contributed by atoms with van der Waals surface area (Å²) in [6.45, 7) is 5.45. The third kappa shape index (κ3) is 2.31. The van der Waals surface area contributed by atoms with Gasteiger partial charge in [-0.25, -0.2) is 0 Å². The third-order valence-corrected chi connectivity index (χ3v) is 5.74. The lowest BCUT2D eigenvalue weighted by atomic mass is 9.43. The molecule has 1 N–H and O–H groups in total. The molecule has 108 valence electrons. The van der Waals surface area contributed by atoms with E-state index in [1.54, 1.807) is 4.90 Å². The molecule has 4 saturated carbocycles. The second-order valence-electron chi connectivity index (χ2n) is 8.55. The Balaban J connectivity index is 1.75. The zero-order valence-corrected chi connectivity index (χ0v) is 12.9. The van der Waals surface area contributed by atoms with Gasteiger partial charge < -0.3 is 10.2 Å². The van der Waals surface area contributed by atoms with Crippen molar-refractivity contribution in [3.63, 3.8) is 0 Å². The van der Waals surface area contributed by atoms with Gasteiger partial charge in [0.2, 0.25) is 5.91 Å². The average molecular weight is 264 g/mol. The van der Waals surface area contributed by atoms with E-state index in [4.69, 9.17) is 0 Å². The van der Waals surface area contributed by atoms with Crippen molar-refractivity contribution in [3.05, 3.63) is 0 Å². The molecule has 0 radical (unpaired) electrons. The van der Waals surface area contributed by atoms with E-state index in [-0.39, 0.29) is 11.4 Å². The quantitative estimate of drug-likeness (QED) is 0.849. The number of carbonyl (C=O) groups excluding carboxylic acids is 1. The largest absolute Gasteiger partial charge is 0.348 e. The minimum atomic E-state index is 0.200. The maximum atomic E-state index is 11.9. The first kappa shape index (κ1) is 13.4. The minimum Gasteiger partial charge on any atom is -0.348 e. The summed E-state index contributed by atoms with van der Waals surface area (Å²) in [4.78, 5) is 13.6. The number of hydrogen-bond donors (Lipinski definition) is 1. The van der Waals surface area contributed by atoms with Crippen molar-refractivity contribution in [2.75, 3.05) is 20.6 Å². The predicted octanol–water partition coefficient (Wildman–Crippen LogP) is 2.41. The number of rotatable bonds is 3. The van der Waals surface area contributed by atoms with Gasteiger partial charge in [-0.2, -0.15) is 0 Å². The van der Waals surface area contributed by atoms with Crippen LogP contribution in [0.4, 0.5) is 0 Å². The predicted molar refractivity (Wildman–Crippen MR) is 76.8 cm³/mol. The number of carbonyl (C=O) groups is 1. The Bertz CT molecular complexity index is 386. The van der Waals surface area contributed by atoms with Crippen LogP contribution in [-0.2, 0) is 4.79 Å². The van der Waals surface area contributed by atoms with Gasteiger partial charge in [0.1, 0.15) is 0 Å². The average Bonchev–Trinajstić information content (AvgIpc) is 2.20. The number of likely N-dealkylation sites (N-methyl/N-ethyl adjacent to an activating group) is 1. The first-order valence-corrected chi connectivity index (χ1v) is 7.69. The van der Waals surface area contributed by atoms with Crippen LogP contribution < -0.4 is 5.32 Å². The van der Waals surface area contributed by atoms with Crippen LogP contribution in [-0.4, -0.2) is 37.0 Å². The Hall–Kier alpha value is -0.570. The molecule has 0 aromatic heterocycles. The van der Waals surface area contributed by atoms with Crippen molar-refractivity contribution in [2.45, 2.75) is 57.9 Å². The summed E-state index contributed by atoms with van der Waals surface area (Å²) >= 11 is 0. The van der Waals surface area contributed by atoms with Gasteiger partial charge in [-0.3, -0.25) is 4.79 Å². The van der Waals surface area contributed by atoms with E-state index in [9.17, 15) is 4.79 Å². The van der Waals surface area contributed by atoms with E-state index in [0.717, 1.165) is 5.92 Å². The number of amides is 1.